The molecule has 1 amide bonds. The van der Waals surface area contributed by atoms with Crippen LogP contribution in [0.4, 0.5) is 0 Å². The van der Waals surface area contributed by atoms with E-state index in [1.165, 1.54) is 5.56 Å². The Balaban J connectivity index is 2.00. The third-order valence-corrected chi connectivity index (χ3v) is 3.33. The number of rotatable bonds is 5. The first-order valence-corrected chi connectivity index (χ1v) is 7.22. The molecular formula is C17H17ClN2O. The van der Waals surface area contributed by atoms with Gasteiger partial charge >= 0.3 is 0 Å². The molecule has 108 valence electrons. The van der Waals surface area contributed by atoms with E-state index in [1.807, 2.05) is 37.3 Å². The molecule has 0 fully saturated rings. The molecule has 2 aromatic carbocycles. The van der Waals surface area contributed by atoms with Crippen molar-refractivity contribution in [2.45, 2.75) is 19.8 Å². The molecule has 0 saturated heterocycles. The summed E-state index contributed by atoms with van der Waals surface area (Å²) >= 11 is 5.80. The zero-order valence-electron chi connectivity index (χ0n) is 11.8. The summed E-state index contributed by atoms with van der Waals surface area (Å²) in [5.41, 5.74) is 5.25. The molecule has 0 heterocycles. The predicted octanol–water partition coefficient (Wildman–Crippen LogP) is 4.08. The van der Waals surface area contributed by atoms with Gasteiger partial charge in [-0.05, 0) is 36.2 Å². The van der Waals surface area contributed by atoms with Crippen LogP contribution in [0, 0.1) is 0 Å². The number of hydrogen-bond acceptors (Lipinski definition) is 2. The average Bonchev–Trinajstić information content (AvgIpc) is 2.52. The van der Waals surface area contributed by atoms with Crippen LogP contribution in [0.5, 0.6) is 0 Å². The summed E-state index contributed by atoms with van der Waals surface area (Å²) in [7, 11) is 0. The summed E-state index contributed by atoms with van der Waals surface area (Å²) in [5, 5.41) is 4.83. The van der Waals surface area contributed by atoms with Gasteiger partial charge in [-0.25, -0.2) is 5.43 Å². The molecule has 0 aliphatic heterocycles. The minimum Gasteiger partial charge on any atom is -0.267 e. The molecule has 0 aliphatic carbocycles. The zero-order valence-corrected chi connectivity index (χ0v) is 12.6. The maximum atomic E-state index is 12.0. The highest BCUT2D eigenvalue weighted by Gasteiger charge is 2.05. The fraction of sp³-hybridized carbons (Fsp3) is 0.176. The van der Waals surface area contributed by atoms with Crippen molar-refractivity contribution in [3.63, 3.8) is 0 Å². The van der Waals surface area contributed by atoms with E-state index in [-0.39, 0.29) is 5.91 Å². The summed E-state index contributed by atoms with van der Waals surface area (Å²) in [6.07, 6.45) is 1.52. The molecule has 0 aromatic heterocycles. The zero-order chi connectivity index (χ0) is 15.1. The predicted molar refractivity (Wildman–Crippen MR) is 86.8 cm³/mol. The second-order valence-electron chi connectivity index (χ2n) is 4.64. The minimum absolute atomic E-state index is 0.231. The van der Waals surface area contributed by atoms with Gasteiger partial charge in [0.05, 0.1) is 0 Å². The van der Waals surface area contributed by atoms with E-state index in [0.29, 0.717) is 10.6 Å². The van der Waals surface area contributed by atoms with Crippen molar-refractivity contribution >= 4 is 23.2 Å². The summed E-state index contributed by atoms with van der Waals surface area (Å²) in [4.78, 5) is 12.0. The van der Waals surface area contributed by atoms with E-state index in [2.05, 4.69) is 10.5 Å². The molecule has 21 heavy (non-hydrogen) atoms. The Hall–Kier alpha value is -2.13. The van der Waals surface area contributed by atoms with Crippen LogP contribution in [0.3, 0.4) is 0 Å². The van der Waals surface area contributed by atoms with Crippen LogP contribution in [0.2, 0.25) is 5.02 Å². The number of nitrogens with zero attached hydrogens (tertiary/aromatic N) is 1. The van der Waals surface area contributed by atoms with Crippen LogP contribution in [0.15, 0.2) is 59.7 Å². The van der Waals surface area contributed by atoms with E-state index in [4.69, 9.17) is 11.6 Å². The fourth-order valence-corrected chi connectivity index (χ4v) is 2.00. The number of hydrogen-bond donors (Lipinski definition) is 1. The van der Waals surface area contributed by atoms with Crippen LogP contribution in [0.1, 0.15) is 29.3 Å². The van der Waals surface area contributed by atoms with Crippen LogP contribution in [0.25, 0.3) is 0 Å². The van der Waals surface area contributed by atoms with E-state index in [9.17, 15) is 4.79 Å². The van der Waals surface area contributed by atoms with Gasteiger partial charge in [0.1, 0.15) is 0 Å². The molecule has 2 rings (SSSR count). The lowest BCUT2D eigenvalue weighted by Gasteiger charge is -2.05. The number of amides is 1. The van der Waals surface area contributed by atoms with Crippen LogP contribution < -0.4 is 5.43 Å². The van der Waals surface area contributed by atoms with Crippen molar-refractivity contribution in [1.82, 2.24) is 5.43 Å². The van der Waals surface area contributed by atoms with Crippen molar-refractivity contribution < 1.29 is 4.79 Å². The summed E-state index contributed by atoms with van der Waals surface area (Å²) < 4.78 is 0. The molecule has 2 aromatic rings. The Morgan fingerprint density at radius 1 is 1.10 bits per heavy atom. The lowest BCUT2D eigenvalue weighted by Crippen LogP contribution is -2.20. The fourth-order valence-electron chi connectivity index (χ4n) is 1.87. The van der Waals surface area contributed by atoms with Crippen LogP contribution in [-0.2, 0) is 6.42 Å². The molecule has 3 nitrogen and oxygen atoms in total. The SMILES string of the molecule is CCC(Cc1ccccc1)=NNC(=O)c1ccc(Cl)cc1. The number of carbonyl (C=O) groups is 1. The third-order valence-electron chi connectivity index (χ3n) is 3.08. The van der Waals surface area contributed by atoms with Crippen molar-refractivity contribution in [2.24, 2.45) is 5.10 Å². The largest absolute Gasteiger partial charge is 0.271 e. The second-order valence-corrected chi connectivity index (χ2v) is 5.08. The molecule has 0 spiro atoms. The summed E-state index contributed by atoms with van der Waals surface area (Å²) in [5.74, 6) is -0.231. The Labute approximate surface area is 129 Å². The number of nitrogens with one attached hydrogen (secondary N) is 1. The summed E-state index contributed by atoms with van der Waals surface area (Å²) in [6, 6.07) is 16.8. The van der Waals surface area contributed by atoms with Crippen molar-refractivity contribution in [2.75, 3.05) is 0 Å². The van der Waals surface area contributed by atoms with Gasteiger partial charge in [-0.15, -0.1) is 0 Å². The number of benzene rings is 2. The highest BCUT2D eigenvalue weighted by Crippen LogP contribution is 2.09. The Morgan fingerprint density at radius 2 is 1.76 bits per heavy atom. The Bertz CT molecular complexity index is 621. The van der Waals surface area contributed by atoms with Gasteiger partial charge in [0.2, 0.25) is 0 Å². The van der Waals surface area contributed by atoms with Crippen LogP contribution in [-0.4, -0.2) is 11.6 Å². The van der Waals surface area contributed by atoms with Crippen LogP contribution >= 0.6 is 11.6 Å². The van der Waals surface area contributed by atoms with E-state index in [1.54, 1.807) is 24.3 Å². The van der Waals surface area contributed by atoms with Gasteiger partial charge < -0.3 is 0 Å². The molecule has 1 N–H and O–H groups in total. The Morgan fingerprint density at radius 3 is 2.38 bits per heavy atom. The molecular weight excluding hydrogens is 284 g/mol. The Kier molecular flexibility index (Phi) is 5.52. The first-order chi connectivity index (χ1) is 10.2. The highest BCUT2D eigenvalue weighted by molar-refractivity contribution is 6.30. The molecule has 0 saturated carbocycles. The second kappa shape index (κ2) is 7.60. The molecule has 0 atom stereocenters. The van der Waals surface area contributed by atoms with Crippen molar-refractivity contribution in [3.8, 4) is 0 Å². The first-order valence-electron chi connectivity index (χ1n) is 6.84. The third kappa shape index (κ3) is 4.72. The quantitative estimate of drug-likeness (QED) is 0.656. The summed E-state index contributed by atoms with van der Waals surface area (Å²) in [6.45, 7) is 2.02. The smallest absolute Gasteiger partial charge is 0.267 e. The molecule has 0 unspecified atom stereocenters. The highest BCUT2D eigenvalue weighted by atomic mass is 35.5. The first kappa shape index (κ1) is 15.3. The van der Waals surface area contributed by atoms with Gasteiger partial charge in [-0.1, -0.05) is 48.9 Å². The standard InChI is InChI=1S/C17H17ClN2O/c1-2-16(12-13-6-4-3-5-7-13)19-20-17(21)14-8-10-15(18)11-9-14/h3-11H,2,12H2,1H3,(H,20,21). The van der Waals surface area contributed by atoms with Gasteiger partial charge in [0.15, 0.2) is 0 Å². The topological polar surface area (TPSA) is 41.5 Å². The van der Waals surface area contributed by atoms with Crippen molar-refractivity contribution in [1.29, 1.82) is 0 Å². The van der Waals surface area contributed by atoms with Gasteiger partial charge in [0.25, 0.3) is 5.91 Å². The van der Waals surface area contributed by atoms with Crippen molar-refractivity contribution in [3.05, 3.63) is 70.7 Å². The molecule has 0 radical (unpaired) electrons. The van der Waals surface area contributed by atoms with E-state index < -0.39 is 0 Å². The molecule has 4 heteroatoms. The normalized spacial score (nSPS) is 11.2. The minimum atomic E-state index is -0.231. The number of halogens is 1. The lowest BCUT2D eigenvalue weighted by molar-refractivity contribution is 0.0954. The lowest BCUT2D eigenvalue weighted by atomic mass is 10.1. The van der Waals surface area contributed by atoms with E-state index >= 15 is 0 Å². The molecule has 0 bridgehead atoms. The number of hydrazone groups is 1. The monoisotopic (exact) mass is 300 g/mol. The number of carbonyl (C=O) groups excluding carboxylic acids is 1. The average molecular weight is 301 g/mol. The van der Waals surface area contributed by atoms with Gasteiger partial charge in [0, 0.05) is 22.7 Å². The van der Waals surface area contributed by atoms with E-state index in [0.717, 1.165) is 18.6 Å². The van der Waals surface area contributed by atoms with Gasteiger partial charge in [-0.3, -0.25) is 4.79 Å². The van der Waals surface area contributed by atoms with Gasteiger partial charge in [-0.2, -0.15) is 5.10 Å². The molecule has 0 aliphatic rings. The maximum absolute atomic E-state index is 12.0. The maximum Gasteiger partial charge on any atom is 0.271 e.